The zero-order chi connectivity index (χ0) is 15.5. The van der Waals surface area contributed by atoms with Gasteiger partial charge in [-0.05, 0) is 43.5 Å². The van der Waals surface area contributed by atoms with Crippen molar-refractivity contribution in [3.8, 4) is 0 Å². The molecule has 116 valence electrons. The smallest absolute Gasteiger partial charge is 0.128 e. The number of aryl methyl sites for hydroxylation is 1. The van der Waals surface area contributed by atoms with Crippen LogP contribution >= 0.6 is 0 Å². The molecule has 3 rings (SSSR count). The number of aromatic nitrogens is 1. The van der Waals surface area contributed by atoms with E-state index in [2.05, 4.69) is 59.2 Å². The number of benzene rings is 1. The first-order chi connectivity index (χ1) is 10.6. The minimum absolute atomic E-state index is 0.504. The summed E-state index contributed by atoms with van der Waals surface area (Å²) < 4.78 is 0. The van der Waals surface area contributed by atoms with Gasteiger partial charge in [-0.1, -0.05) is 36.4 Å². The SMILES string of the molecule is Cc1nc(N(C)C)ccc1C1CCCN1Cc1ccccc1. The molecule has 2 heterocycles. The van der Waals surface area contributed by atoms with Gasteiger partial charge in [-0.15, -0.1) is 0 Å². The van der Waals surface area contributed by atoms with Gasteiger partial charge in [-0.3, -0.25) is 4.90 Å². The molecule has 3 heteroatoms. The highest BCUT2D eigenvalue weighted by Gasteiger charge is 2.27. The molecule has 0 amide bonds. The molecule has 3 nitrogen and oxygen atoms in total. The monoisotopic (exact) mass is 295 g/mol. The number of hydrogen-bond donors (Lipinski definition) is 0. The van der Waals surface area contributed by atoms with Crippen molar-refractivity contribution >= 4 is 5.82 Å². The Morgan fingerprint density at radius 2 is 1.91 bits per heavy atom. The van der Waals surface area contributed by atoms with E-state index in [1.54, 1.807) is 0 Å². The lowest BCUT2D eigenvalue weighted by atomic mass is 10.0. The average Bonchev–Trinajstić information content (AvgIpc) is 2.96. The van der Waals surface area contributed by atoms with Gasteiger partial charge in [0, 0.05) is 32.4 Å². The molecule has 1 aromatic carbocycles. The van der Waals surface area contributed by atoms with Crippen LogP contribution in [0.4, 0.5) is 5.82 Å². The predicted molar refractivity (Wildman–Crippen MR) is 92.1 cm³/mol. The van der Waals surface area contributed by atoms with E-state index < -0.39 is 0 Å². The maximum atomic E-state index is 4.76. The molecule has 22 heavy (non-hydrogen) atoms. The van der Waals surface area contributed by atoms with Gasteiger partial charge in [0.25, 0.3) is 0 Å². The highest BCUT2D eigenvalue weighted by Crippen LogP contribution is 2.34. The summed E-state index contributed by atoms with van der Waals surface area (Å²) in [6.07, 6.45) is 2.50. The normalized spacial score (nSPS) is 18.6. The molecule has 1 aliphatic heterocycles. The first-order valence-electron chi connectivity index (χ1n) is 8.08. The van der Waals surface area contributed by atoms with Crippen molar-refractivity contribution in [3.05, 3.63) is 59.3 Å². The first kappa shape index (κ1) is 15.0. The van der Waals surface area contributed by atoms with E-state index in [1.165, 1.54) is 30.5 Å². The largest absolute Gasteiger partial charge is 0.363 e. The number of hydrogen-bond acceptors (Lipinski definition) is 3. The molecular formula is C19H25N3. The zero-order valence-corrected chi connectivity index (χ0v) is 13.8. The molecule has 0 N–H and O–H groups in total. The number of likely N-dealkylation sites (tertiary alicyclic amines) is 1. The molecular weight excluding hydrogens is 270 g/mol. The van der Waals surface area contributed by atoms with E-state index in [0.29, 0.717) is 6.04 Å². The number of nitrogens with zero attached hydrogens (tertiary/aromatic N) is 3. The van der Waals surface area contributed by atoms with Gasteiger partial charge in [-0.2, -0.15) is 0 Å². The second-order valence-corrected chi connectivity index (χ2v) is 6.35. The zero-order valence-electron chi connectivity index (χ0n) is 13.8. The molecule has 1 saturated heterocycles. The minimum Gasteiger partial charge on any atom is -0.363 e. The maximum Gasteiger partial charge on any atom is 0.128 e. The van der Waals surface area contributed by atoms with Gasteiger partial charge in [0.2, 0.25) is 0 Å². The van der Waals surface area contributed by atoms with Gasteiger partial charge >= 0.3 is 0 Å². The molecule has 1 unspecified atom stereocenters. The standard InChI is InChI=1S/C19H25N3/c1-15-17(11-12-19(20-15)21(2)3)18-10-7-13-22(18)14-16-8-5-4-6-9-16/h4-6,8-9,11-12,18H,7,10,13-14H2,1-3H3. The van der Waals surface area contributed by atoms with Crippen molar-refractivity contribution in [2.75, 3.05) is 25.5 Å². The molecule has 1 fully saturated rings. The molecule has 1 aliphatic rings. The van der Waals surface area contributed by atoms with Gasteiger partial charge in [0.15, 0.2) is 0 Å². The average molecular weight is 295 g/mol. The van der Waals surface area contributed by atoms with E-state index in [-0.39, 0.29) is 0 Å². The van der Waals surface area contributed by atoms with E-state index in [0.717, 1.165) is 18.1 Å². The van der Waals surface area contributed by atoms with Crippen LogP contribution in [0, 0.1) is 6.92 Å². The summed E-state index contributed by atoms with van der Waals surface area (Å²) in [5.74, 6) is 1.04. The molecule has 0 aliphatic carbocycles. The van der Waals surface area contributed by atoms with Crippen molar-refractivity contribution in [1.29, 1.82) is 0 Å². The van der Waals surface area contributed by atoms with Crippen molar-refractivity contribution in [2.45, 2.75) is 32.4 Å². The lowest BCUT2D eigenvalue weighted by Gasteiger charge is -2.26. The fourth-order valence-corrected chi connectivity index (χ4v) is 3.35. The van der Waals surface area contributed by atoms with Crippen LogP contribution in [0.5, 0.6) is 0 Å². The van der Waals surface area contributed by atoms with Crippen LogP contribution in [0.25, 0.3) is 0 Å². The maximum absolute atomic E-state index is 4.76. The van der Waals surface area contributed by atoms with Gasteiger partial charge in [0.05, 0.1) is 0 Å². The molecule has 0 bridgehead atoms. The topological polar surface area (TPSA) is 19.4 Å². The Labute approximate surface area is 133 Å². The number of pyridine rings is 1. The summed E-state index contributed by atoms with van der Waals surface area (Å²) in [4.78, 5) is 9.41. The second kappa shape index (κ2) is 6.49. The van der Waals surface area contributed by atoms with E-state index in [1.807, 2.05) is 14.1 Å². The van der Waals surface area contributed by atoms with Gasteiger partial charge in [-0.25, -0.2) is 4.98 Å². The summed E-state index contributed by atoms with van der Waals surface area (Å²) in [6, 6.07) is 15.7. The van der Waals surface area contributed by atoms with Crippen LogP contribution in [0.3, 0.4) is 0 Å². The Kier molecular flexibility index (Phi) is 4.44. The minimum atomic E-state index is 0.504. The van der Waals surface area contributed by atoms with Crippen LogP contribution in [-0.4, -0.2) is 30.5 Å². The summed E-state index contributed by atoms with van der Waals surface area (Å²) in [6.45, 7) is 4.34. The summed E-state index contributed by atoms with van der Waals surface area (Å²) in [5, 5.41) is 0. The van der Waals surface area contributed by atoms with Crippen molar-refractivity contribution < 1.29 is 0 Å². The predicted octanol–water partition coefficient (Wildman–Crippen LogP) is 3.79. The molecule has 0 spiro atoms. The highest BCUT2D eigenvalue weighted by atomic mass is 15.2. The van der Waals surface area contributed by atoms with E-state index >= 15 is 0 Å². The molecule has 0 saturated carbocycles. The Balaban J connectivity index is 1.81. The summed E-state index contributed by atoms with van der Waals surface area (Å²) in [5.41, 5.74) is 3.94. The number of rotatable bonds is 4. The second-order valence-electron chi connectivity index (χ2n) is 6.35. The molecule has 1 aromatic heterocycles. The third-order valence-corrected chi connectivity index (χ3v) is 4.52. The summed E-state index contributed by atoms with van der Waals surface area (Å²) >= 11 is 0. The van der Waals surface area contributed by atoms with Gasteiger partial charge < -0.3 is 4.90 Å². The highest BCUT2D eigenvalue weighted by molar-refractivity contribution is 5.41. The lowest BCUT2D eigenvalue weighted by molar-refractivity contribution is 0.247. The Bertz CT molecular complexity index is 622. The molecule has 0 radical (unpaired) electrons. The molecule has 2 aromatic rings. The van der Waals surface area contributed by atoms with Crippen LogP contribution in [0.15, 0.2) is 42.5 Å². The number of anilines is 1. The van der Waals surface area contributed by atoms with Crippen molar-refractivity contribution in [2.24, 2.45) is 0 Å². The van der Waals surface area contributed by atoms with Gasteiger partial charge in [0.1, 0.15) is 5.82 Å². The Morgan fingerprint density at radius 1 is 1.14 bits per heavy atom. The van der Waals surface area contributed by atoms with E-state index in [4.69, 9.17) is 4.98 Å². The third kappa shape index (κ3) is 3.14. The fourth-order valence-electron chi connectivity index (χ4n) is 3.35. The van der Waals surface area contributed by atoms with Crippen LogP contribution in [0.1, 0.15) is 35.7 Å². The quantitative estimate of drug-likeness (QED) is 0.855. The van der Waals surface area contributed by atoms with Crippen LogP contribution in [-0.2, 0) is 6.54 Å². The molecule has 1 atom stereocenters. The first-order valence-corrected chi connectivity index (χ1v) is 8.08. The van der Waals surface area contributed by atoms with Crippen LogP contribution < -0.4 is 4.90 Å². The Hall–Kier alpha value is -1.87. The lowest BCUT2D eigenvalue weighted by Crippen LogP contribution is -2.24. The van der Waals surface area contributed by atoms with Crippen molar-refractivity contribution in [3.63, 3.8) is 0 Å². The summed E-state index contributed by atoms with van der Waals surface area (Å²) in [7, 11) is 4.08. The van der Waals surface area contributed by atoms with Crippen molar-refractivity contribution in [1.82, 2.24) is 9.88 Å². The third-order valence-electron chi connectivity index (χ3n) is 4.52. The van der Waals surface area contributed by atoms with E-state index in [9.17, 15) is 0 Å². The van der Waals surface area contributed by atoms with Crippen LogP contribution in [0.2, 0.25) is 0 Å². The fraction of sp³-hybridized carbons (Fsp3) is 0.421. The Morgan fingerprint density at radius 3 is 2.59 bits per heavy atom.